The molecule has 2 aromatic rings. The number of pyridine rings is 1. The molecule has 2 saturated heterocycles. The predicted octanol–water partition coefficient (Wildman–Crippen LogP) is 1.45. The summed E-state index contributed by atoms with van der Waals surface area (Å²) in [5.74, 6) is -0.549. The van der Waals surface area contributed by atoms with E-state index in [1.54, 1.807) is 28.0 Å². The molecule has 29 heavy (non-hydrogen) atoms. The highest BCUT2D eigenvalue weighted by Crippen LogP contribution is 2.17. The monoisotopic (exact) mass is 401 g/mol. The molecule has 154 valence electrons. The average Bonchev–Trinajstić information content (AvgIpc) is 3.26. The van der Waals surface area contributed by atoms with Crippen LogP contribution in [0.1, 0.15) is 25.0 Å². The number of amides is 2. The molecule has 1 unspecified atom stereocenters. The number of benzene rings is 1. The maximum Gasteiger partial charge on any atom is 0.258 e. The molecule has 1 aromatic carbocycles. The van der Waals surface area contributed by atoms with Crippen LogP contribution < -0.4 is 5.56 Å². The van der Waals surface area contributed by atoms with Crippen molar-refractivity contribution in [2.75, 3.05) is 32.8 Å². The number of hydrogen-bond donors (Lipinski definition) is 1. The number of rotatable bonds is 4. The molecule has 4 rings (SSSR count). The SMILES string of the molecule is O=C(CCc1cc2cccc(F)c2c(=O)[nH]1)N1CCN(C(=O)C2CCCO2)CC1. The first kappa shape index (κ1) is 19.6. The summed E-state index contributed by atoms with van der Waals surface area (Å²) in [5.41, 5.74) is 0.123. The van der Waals surface area contributed by atoms with Crippen LogP contribution in [-0.4, -0.2) is 65.5 Å². The first-order chi connectivity index (χ1) is 14.0. The van der Waals surface area contributed by atoms with Gasteiger partial charge in [-0.15, -0.1) is 0 Å². The summed E-state index contributed by atoms with van der Waals surface area (Å²) in [6, 6.07) is 6.21. The first-order valence-electron chi connectivity index (χ1n) is 10.0. The Kier molecular flexibility index (Phi) is 5.62. The van der Waals surface area contributed by atoms with Crippen LogP contribution in [0.4, 0.5) is 4.39 Å². The first-order valence-corrected chi connectivity index (χ1v) is 10.0. The molecule has 1 N–H and O–H groups in total. The van der Waals surface area contributed by atoms with Gasteiger partial charge in [0.1, 0.15) is 11.9 Å². The van der Waals surface area contributed by atoms with E-state index in [0.29, 0.717) is 50.3 Å². The van der Waals surface area contributed by atoms with Crippen molar-refractivity contribution >= 4 is 22.6 Å². The van der Waals surface area contributed by atoms with Gasteiger partial charge in [-0.3, -0.25) is 14.4 Å². The summed E-state index contributed by atoms with van der Waals surface area (Å²) in [4.78, 5) is 43.3. The average molecular weight is 401 g/mol. The lowest BCUT2D eigenvalue weighted by Crippen LogP contribution is -2.52. The molecule has 2 fully saturated rings. The number of fused-ring (bicyclic) bond motifs is 1. The van der Waals surface area contributed by atoms with Crippen LogP contribution in [-0.2, 0) is 20.7 Å². The van der Waals surface area contributed by atoms with Crippen molar-refractivity contribution in [3.05, 3.63) is 46.1 Å². The lowest BCUT2D eigenvalue weighted by molar-refractivity contribution is -0.146. The third-order valence-corrected chi connectivity index (χ3v) is 5.63. The maximum atomic E-state index is 13.8. The number of nitrogens with zero attached hydrogens (tertiary/aromatic N) is 2. The Bertz CT molecular complexity index is 976. The number of aromatic amines is 1. The Labute approximate surface area is 167 Å². The predicted molar refractivity (Wildman–Crippen MR) is 105 cm³/mol. The molecule has 0 bridgehead atoms. The Balaban J connectivity index is 1.32. The van der Waals surface area contributed by atoms with Crippen LogP contribution in [0, 0.1) is 5.82 Å². The summed E-state index contributed by atoms with van der Waals surface area (Å²) in [5, 5.41) is 0.562. The van der Waals surface area contributed by atoms with E-state index in [1.807, 2.05) is 0 Å². The van der Waals surface area contributed by atoms with Crippen molar-refractivity contribution in [1.29, 1.82) is 0 Å². The number of aryl methyl sites for hydroxylation is 1. The van der Waals surface area contributed by atoms with Crippen molar-refractivity contribution in [2.45, 2.75) is 31.8 Å². The Morgan fingerprint density at radius 3 is 2.66 bits per heavy atom. The summed E-state index contributed by atoms with van der Waals surface area (Å²) in [6.45, 7) is 2.65. The van der Waals surface area contributed by atoms with Gasteiger partial charge in [-0.1, -0.05) is 12.1 Å². The van der Waals surface area contributed by atoms with Crippen LogP contribution in [0.5, 0.6) is 0 Å². The van der Waals surface area contributed by atoms with Crippen LogP contribution in [0.2, 0.25) is 0 Å². The van der Waals surface area contributed by atoms with Crippen molar-refractivity contribution in [3.63, 3.8) is 0 Å². The molecule has 8 heteroatoms. The van der Waals surface area contributed by atoms with Crippen LogP contribution in [0.3, 0.4) is 0 Å². The van der Waals surface area contributed by atoms with Gasteiger partial charge >= 0.3 is 0 Å². The molecule has 0 saturated carbocycles. The zero-order valence-corrected chi connectivity index (χ0v) is 16.2. The number of nitrogens with one attached hydrogen (secondary N) is 1. The summed E-state index contributed by atoms with van der Waals surface area (Å²) in [6.07, 6.45) is 1.97. The fourth-order valence-corrected chi connectivity index (χ4v) is 4.02. The highest BCUT2D eigenvalue weighted by atomic mass is 19.1. The third kappa shape index (κ3) is 4.17. The van der Waals surface area contributed by atoms with E-state index in [-0.39, 0.29) is 29.7 Å². The van der Waals surface area contributed by atoms with Gasteiger partial charge in [-0.05, 0) is 36.8 Å². The van der Waals surface area contributed by atoms with Gasteiger partial charge in [0, 0.05) is 44.9 Å². The fraction of sp³-hybridized carbons (Fsp3) is 0.476. The summed E-state index contributed by atoms with van der Waals surface area (Å²) >= 11 is 0. The number of carbonyl (C=O) groups is 2. The fourth-order valence-electron chi connectivity index (χ4n) is 4.02. The number of ether oxygens (including phenoxy) is 1. The topological polar surface area (TPSA) is 82.7 Å². The molecule has 3 heterocycles. The van der Waals surface area contributed by atoms with E-state index in [0.717, 1.165) is 12.8 Å². The second-order valence-electron chi connectivity index (χ2n) is 7.54. The zero-order valence-electron chi connectivity index (χ0n) is 16.2. The molecule has 2 aliphatic heterocycles. The summed E-state index contributed by atoms with van der Waals surface area (Å²) in [7, 11) is 0. The van der Waals surface area contributed by atoms with E-state index >= 15 is 0 Å². The Morgan fingerprint density at radius 1 is 1.17 bits per heavy atom. The highest BCUT2D eigenvalue weighted by Gasteiger charge is 2.31. The zero-order chi connectivity index (χ0) is 20.4. The van der Waals surface area contributed by atoms with Crippen molar-refractivity contribution < 1.29 is 18.7 Å². The van der Waals surface area contributed by atoms with Gasteiger partial charge in [0.25, 0.3) is 11.5 Å². The molecule has 0 radical (unpaired) electrons. The smallest absolute Gasteiger partial charge is 0.258 e. The standard InChI is InChI=1S/C21H24FN3O4/c22-16-4-1-3-14-13-15(23-20(27)19(14)16)6-7-18(26)24-8-10-25(11-9-24)21(28)17-5-2-12-29-17/h1,3-4,13,17H,2,5-12H2,(H,23,27). The van der Waals surface area contributed by atoms with Crippen molar-refractivity contribution in [3.8, 4) is 0 Å². The second kappa shape index (κ2) is 8.32. The van der Waals surface area contributed by atoms with Crippen LogP contribution >= 0.6 is 0 Å². The molecule has 2 aliphatic rings. The summed E-state index contributed by atoms with van der Waals surface area (Å²) < 4.78 is 19.3. The maximum absolute atomic E-state index is 13.8. The third-order valence-electron chi connectivity index (χ3n) is 5.63. The minimum Gasteiger partial charge on any atom is -0.368 e. The van der Waals surface area contributed by atoms with Gasteiger partial charge in [-0.25, -0.2) is 4.39 Å². The molecular formula is C21H24FN3O4. The van der Waals surface area contributed by atoms with E-state index in [9.17, 15) is 18.8 Å². The number of carbonyl (C=O) groups excluding carboxylic acids is 2. The highest BCUT2D eigenvalue weighted by molar-refractivity contribution is 5.83. The molecular weight excluding hydrogens is 377 g/mol. The number of piperazine rings is 1. The van der Waals surface area contributed by atoms with Crippen molar-refractivity contribution in [2.24, 2.45) is 0 Å². The van der Waals surface area contributed by atoms with Crippen molar-refractivity contribution in [1.82, 2.24) is 14.8 Å². The molecule has 0 spiro atoms. The second-order valence-corrected chi connectivity index (χ2v) is 7.54. The lowest BCUT2D eigenvalue weighted by Gasteiger charge is -2.35. The normalized spacial score (nSPS) is 19.7. The van der Waals surface area contributed by atoms with Gasteiger partial charge in [0.15, 0.2) is 0 Å². The van der Waals surface area contributed by atoms with E-state index in [2.05, 4.69) is 4.98 Å². The minimum absolute atomic E-state index is 0.0191. The van der Waals surface area contributed by atoms with Crippen LogP contribution in [0.15, 0.2) is 29.1 Å². The quantitative estimate of drug-likeness (QED) is 0.841. The van der Waals surface area contributed by atoms with E-state index in [4.69, 9.17) is 4.74 Å². The van der Waals surface area contributed by atoms with Gasteiger partial charge in [0.2, 0.25) is 5.91 Å². The number of H-pyrrole nitrogens is 1. The lowest BCUT2D eigenvalue weighted by atomic mass is 10.1. The van der Waals surface area contributed by atoms with E-state index in [1.165, 1.54) is 6.07 Å². The molecule has 1 atom stereocenters. The largest absolute Gasteiger partial charge is 0.368 e. The molecule has 7 nitrogen and oxygen atoms in total. The number of aromatic nitrogens is 1. The molecule has 1 aromatic heterocycles. The minimum atomic E-state index is -0.554. The van der Waals surface area contributed by atoms with Gasteiger partial charge in [0.05, 0.1) is 5.39 Å². The number of hydrogen-bond acceptors (Lipinski definition) is 4. The Hall–Kier alpha value is -2.74. The van der Waals surface area contributed by atoms with Crippen LogP contribution in [0.25, 0.3) is 10.8 Å². The Morgan fingerprint density at radius 2 is 1.93 bits per heavy atom. The van der Waals surface area contributed by atoms with Gasteiger partial charge in [-0.2, -0.15) is 0 Å². The number of halogens is 1. The van der Waals surface area contributed by atoms with E-state index < -0.39 is 11.4 Å². The molecule has 2 amide bonds. The molecule has 0 aliphatic carbocycles. The van der Waals surface area contributed by atoms with Gasteiger partial charge < -0.3 is 19.5 Å².